The number of amides is 3. The summed E-state index contributed by atoms with van der Waals surface area (Å²) in [6.07, 6.45) is 0.802. The molecule has 11 nitrogen and oxygen atoms in total. The molecule has 2 aliphatic rings. The van der Waals surface area contributed by atoms with Crippen LogP contribution in [0.3, 0.4) is 0 Å². The quantitative estimate of drug-likeness (QED) is 0.517. The van der Waals surface area contributed by atoms with Gasteiger partial charge in [0, 0.05) is 43.4 Å². The number of hydrogen-bond acceptors (Lipinski definition) is 7. The summed E-state index contributed by atoms with van der Waals surface area (Å²) >= 11 is 6.03. The summed E-state index contributed by atoms with van der Waals surface area (Å²) in [6.45, 7) is 6.05. The molecule has 0 aliphatic carbocycles. The molecule has 0 radical (unpaired) electrons. The standard InChI is InChI=1S/C25H27ClFN5O6S/c1-25(2,3)23(34)30-19-7-17(26)8-29-20(19)13-38-24(35)32-11-15-9-31(10-16(15)12-32)22(33)14-4-5-21(18(27)6-14)39(28,36)37/h4-8H,9-13H2,1-3H3,(H,30,34)(H2,28,36,37). The van der Waals surface area contributed by atoms with Crippen LogP contribution >= 0.6 is 11.6 Å². The summed E-state index contributed by atoms with van der Waals surface area (Å²) in [6, 6.07) is 4.55. The van der Waals surface area contributed by atoms with Crippen LogP contribution in [0.15, 0.2) is 46.5 Å². The number of carbonyl (C=O) groups is 3. The molecular weight excluding hydrogens is 553 g/mol. The lowest BCUT2D eigenvalue weighted by Crippen LogP contribution is -2.36. The second-order valence-electron chi connectivity index (χ2n) is 10.3. The van der Waals surface area contributed by atoms with Crippen LogP contribution in [0.2, 0.25) is 5.02 Å². The van der Waals surface area contributed by atoms with E-state index in [-0.39, 0.29) is 44.3 Å². The number of nitrogens with two attached hydrogens (primary N) is 1. The number of hydrogen-bond donors (Lipinski definition) is 2. The van der Waals surface area contributed by atoms with Gasteiger partial charge >= 0.3 is 6.09 Å². The predicted molar refractivity (Wildman–Crippen MR) is 140 cm³/mol. The maximum absolute atomic E-state index is 14.2. The Morgan fingerprint density at radius 3 is 2.28 bits per heavy atom. The number of anilines is 1. The number of nitrogens with one attached hydrogen (secondary N) is 1. The van der Waals surface area contributed by atoms with Gasteiger partial charge in [0.2, 0.25) is 15.9 Å². The molecule has 0 bridgehead atoms. The third-order valence-corrected chi connectivity index (χ3v) is 7.41. The largest absolute Gasteiger partial charge is 0.443 e. The first kappa shape index (κ1) is 28.5. The van der Waals surface area contributed by atoms with E-state index in [9.17, 15) is 27.2 Å². The fourth-order valence-corrected chi connectivity index (χ4v) is 4.87. The van der Waals surface area contributed by atoms with Crippen molar-refractivity contribution in [2.45, 2.75) is 32.3 Å². The first-order valence-electron chi connectivity index (χ1n) is 11.8. The maximum Gasteiger partial charge on any atom is 0.410 e. The van der Waals surface area contributed by atoms with Gasteiger partial charge in [0.25, 0.3) is 5.91 Å². The fraction of sp³-hybridized carbons (Fsp3) is 0.360. The molecule has 0 fully saturated rings. The highest BCUT2D eigenvalue weighted by atomic mass is 35.5. The predicted octanol–water partition coefficient (Wildman–Crippen LogP) is 2.91. The van der Waals surface area contributed by atoms with Crippen LogP contribution < -0.4 is 10.5 Å². The number of sulfonamides is 1. The third kappa shape index (κ3) is 6.37. The number of benzene rings is 1. The zero-order valence-corrected chi connectivity index (χ0v) is 23.0. The van der Waals surface area contributed by atoms with Crippen molar-refractivity contribution in [3.05, 3.63) is 63.7 Å². The van der Waals surface area contributed by atoms with Gasteiger partial charge in [-0.1, -0.05) is 32.4 Å². The van der Waals surface area contributed by atoms with Gasteiger partial charge in [0.1, 0.15) is 23.0 Å². The molecule has 0 saturated carbocycles. The van der Waals surface area contributed by atoms with Gasteiger partial charge in [-0.15, -0.1) is 0 Å². The van der Waals surface area contributed by atoms with E-state index in [1.165, 1.54) is 28.1 Å². The molecule has 1 aromatic heterocycles. The van der Waals surface area contributed by atoms with Crippen molar-refractivity contribution in [2.75, 3.05) is 31.5 Å². The third-order valence-electron chi connectivity index (χ3n) is 6.26. The molecule has 3 heterocycles. The van der Waals surface area contributed by atoms with Gasteiger partial charge in [-0.2, -0.15) is 0 Å². The van der Waals surface area contributed by atoms with Gasteiger partial charge in [-0.25, -0.2) is 22.7 Å². The summed E-state index contributed by atoms with van der Waals surface area (Å²) in [7, 11) is -4.25. The smallest absolute Gasteiger partial charge is 0.410 e. The zero-order valence-electron chi connectivity index (χ0n) is 21.5. The highest BCUT2D eigenvalue weighted by Gasteiger charge is 2.35. The lowest BCUT2D eigenvalue weighted by molar-refractivity contribution is -0.123. The number of aromatic nitrogens is 1. The minimum absolute atomic E-state index is 0.0119. The van der Waals surface area contributed by atoms with Crippen LogP contribution in [0.5, 0.6) is 0 Å². The number of ether oxygens (including phenoxy) is 1. The highest BCUT2D eigenvalue weighted by molar-refractivity contribution is 7.89. The average Bonchev–Trinajstić information content (AvgIpc) is 3.41. The van der Waals surface area contributed by atoms with E-state index in [4.69, 9.17) is 21.5 Å². The Morgan fingerprint density at radius 1 is 1.10 bits per heavy atom. The summed E-state index contributed by atoms with van der Waals surface area (Å²) in [5, 5.41) is 8.05. The van der Waals surface area contributed by atoms with E-state index in [0.29, 0.717) is 16.4 Å². The number of primary sulfonamides is 1. The molecule has 0 unspecified atom stereocenters. The SMILES string of the molecule is CC(C)(C)C(=O)Nc1cc(Cl)cnc1COC(=O)N1CC2=C(C1)CN(C(=O)c1ccc(S(N)(=O)=O)c(F)c1)C2. The van der Waals surface area contributed by atoms with Crippen LogP contribution in [-0.4, -0.2) is 67.3 Å². The van der Waals surface area contributed by atoms with Crippen LogP contribution in [0.25, 0.3) is 0 Å². The Morgan fingerprint density at radius 2 is 1.72 bits per heavy atom. The number of rotatable bonds is 5. The van der Waals surface area contributed by atoms with Gasteiger partial charge in [-0.3, -0.25) is 14.6 Å². The van der Waals surface area contributed by atoms with Gasteiger partial charge < -0.3 is 19.9 Å². The highest BCUT2D eigenvalue weighted by Crippen LogP contribution is 2.28. The van der Waals surface area contributed by atoms with Crippen LogP contribution in [-0.2, 0) is 26.2 Å². The van der Waals surface area contributed by atoms with Crippen molar-refractivity contribution in [2.24, 2.45) is 10.6 Å². The number of carbonyl (C=O) groups excluding carboxylic acids is 3. The van der Waals surface area contributed by atoms with E-state index >= 15 is 0 Å². The lowest BCUT2D eigenvalue weighted by atomic mass is 9.95. The minimum atomic E-state index is -4.25. The molecular formula is C25H27ClFN5O6S. The Hall–Kier alpha value is -3.55. The molecule has 0 spiro atoms. The van der Waals surface area contributed by atoms with Gasteiger partial charge in [0.15, 0.2) is 0 Å². The average molecular weight is 580 g/mol. The van der Waals surface area contributed by atoms with Crippen LogP contribution in [0, 0.1) is 11.2 Å². The van der Waals surface area contributed by atoms with Crippen LogP contribution in [0.4, 0.5) is 14.9 Å². The van der Waals surface area contributed by atoms with E-state index < -0.39 is 38.2 Å². The summed E-state index contributed by atoms with van der Waals surface area (Å²) in [5.41, 5.74) is 1.75. The number of nitrogens with zero attached hydrogens (tertiary/aromatic N) is 3. The van der Waals surface area contributed by atoms with E-state index in [1.54, 1.807) is 20.8 Å². The molecule has 208 valence electrons. The lowest BCUT2D eigenvalue weighted by Gasteiger charge is -2.23. The molecule has 2 aliphatic heterocycles. The van der Waals surface area contributed by atoms with E-state index in [1.807, 2.05) is 0 Å². The Kier molecular flexibility index (Phi) is 7.70. The monoisotopic (exact) mass is 579 g/mol. The van der Waals surface area contributed by atoms with E-state index in [0.717, 1.165) is 23.3 Å². The molecule has 14 heteroatoms. The van der Waals surface area contributed by atoms with E-state index in [2.05, 4.69) is 10.3 Å². The second kappa shape index (κ2) is 10.5. The summed E-state index contributed by atoms with van der Waals surface area (Å²) < 4.78 is 42.5. The Bertz CT molecular complexity index is 1490. The Balaban J connectivity index is 1.33. The topological polar surface area (TPSA) is 152 Å². The van der Waals surface area contributed by atoms with Crippen molar-refractivity contribution in [3.8, 4) is 0 Å². The number of pyridine rings is 1. The molecule has 39 heavy (non-hydrogen) atoms. The van der Waals surface area contributed by atoms with Crippen molar-refractivity contribution in [1.82, 2.24) is 14.8 Å². The first-order chi connectivity index (χ1) is 18.1. The fourth-order valence-electron chi connectivity index (χ4n) is 4.12. The van der Waals surface area contributed by atoms with Crippen molar-refractivity contribution >= 4 is 45.2 Å². The van der Waals surface area contributed by atoms with Crippen molar-refractivity contribution in [1.29, 1.82) is 0 Å². The second-order valence-corrected chi connectivity index (χ2v) is 12.3. The molecule has 1 aromatic carbocycles. The first-order valence-corrected chi connectivity index (χ1v) is 13.7. The minimum Gasteiger partial charge on any atom is -0.443 e. The van der Waals surface area contributed by atoms with Gasteiger partial charge in [-0.05, 0) is 35.4 Å². The molecule has 0 atom stereocenters. The normalized spacial score (nSPS) is 15.4. The van der Waals surface area contributed by atoms with Crippen LogP contribution in [0.1, 0.15) is 36.8 Å². The summed E-state index contributed by atoms with van der Waals surface area (Å²) in [4.78, 5) is 44.5. The molecule has 3 amide bonds. The molecule has 0 saturated heterocycles. The Labute approximate surface area is 229 Å². The molecule has 4 rings (SSSR count). The molecule has 3 N–H and O–H groups in total. The maximum atomic E-state index is 14.2. The summed E-state index contributed by atoms with van der Waals surface area (Å²) in [5.74, 6) is -1.83. The van der Waals surface area contributed by atoms with Crippen molar-refractivity contribution < 1.29 is 31.9 Å². The van der Waals surface area contributed by atoms with Gasteiger partial charge in [0.05, 0.1) is 10.7 Å². The van der Waals surface area contributed by atoms with Crippen molar-refractivity contribution in [3.63, 3.8) is 0 Å². The number of halogens is 2. The zero-order chi connectivity index (χ0) is 28.7. The molecule has 2 aromatic rings.